The molecule has 0 aromatic carbocycles. The van der Waals surface area contributed by atoms with E-state index in [0.717, 1.165) is 0 Å². The lowest BCUT2D eigenvalue weighted by molar-refractivity contribution is -0.114. The van der Waals surface area contributed by atoms with E-state index in [9.17, 15) is 4.79 Å². The third kappa shape index (κ3) is 6.54. The Balaban J connectivity index is 4.54. The summed E-state index contributed by atoms with van der Waals surface area (Å²) in [6, 6.07) is 0.715. The molecule has 0 fully saturated rings. The minimum atomic E-state index is -0.616. The van der Waals surface area contributed by atoms with E-state index in [1.807, 2.05) is 0 Å². The summed E-state index contributed by atoms with van der Waals surface area (Å²) in [5.41, 5.74) is -0.498. The molecule has 0 aromatic rings. The first-order valence-electron chi connectivity index (χ1n) is 6.85. The summed E-state index contributed by atoms with van der Waals surface area (Å²) < 4.78 is 4.76. The van der Waals surface area contributed by atoms with Gasteiger partial charge in [0.1, 0.15) is 5.71 Å². The maximum atomic E-state index is 11.9. The molecule has 8 nitrogen and oxygen atoms in total. The van der Waals surface area contributed by atoms with E-state index in [4.69, 9.17) is 15.2 Å². The molecule has 0 aromatic heterocycles. The summed E-state index contributed by atoms with van der Waals surface area (Å²) in [6.45, 7) is 9.24. The molecule has 21 heavy (non-hydrogen) atoms. The van der Waals surface area contributed by atoms with Crippen molar-refractivity contribution in [3.05, 3.63) is 0 Å². The number of carbonyl (C=O) groups is 1. The second-order valence-electron chi connectivity index (χ2n) is 5.11. The monoisotopic (exact) mass is 302 g/mol. The van der Waals surface area contributed by atoms with Crippen LogP contribution in [0.25, 0.3) is 0 Å². The zero-order chi connectivity index (χ0) is 16.4. The van der Waals surface area contributed by atoms with Crippen LogP contribution in [0.4, 0.5) is 0 Å². The summed E-state index contributed by atoms with van der Waals surface area (Å²) in [4.78, 5) is 14.1. The highest BCUT2D eigenvalue weighted by molar-refractivity contribution is 6.67. The Bertz CT molecular complexity index is 372. The van der Waals surface area contributed by atoms with Crippen LogP contribution >= 0.6 is 0 Å². The minimum Gasteiger partial charge on any atom is -0.411 e. The predicted molar refractivity (Wildman–Crippen MR) is 80.3 cm³/mol. The number of carbonyl (C=O) groups excluding carboxylic acids is 1. The average molecular weight is 302 g/mol. The van der Waals surface area contributed by atoms with E-state index in [-0.39, 0.29) is 18.0 Å². The number of ether oxygens (including phenoxy) is 1. The average Bonchev–Trinajstić information content (AvgIpc) is 2.42. The molecule has 0 aliphatic rings. The summed E-state index contributed by atoms with van der Waals surface area (Å²) in [6.07, 6.45) is 0. The molecule has 0 bridgehead atoms. The fraction of sp³-hybridized carbons (Fsp3) is 0.769. The van der Waals surface area contributed by atoms with Crippen molar-refractivity contribution in [3.63, 3.8) is 0 Å². The van der Waals surface area contributed by atoms with Gasteiger partial charge >= 0.3 is 0 Å². The highest BCUT2D eigenvalue weighted by Crippen LogP contribution is 2.03. The first kappa shape index (κ1) is 19.3. The van der Waals surface area contributed by atoms with Crippen molar-refractivity contribution in [2.45, 2.75) is 39.8 Å². The van der Waals surface area contributed by atoms with Crippen molar-refractivity contribution < 1.29 is 19.9 Å². The molecule has 0 unspecified atom stereocenters. The van der Waals surface area contributed by atoms with Crippen LogP contribution in [0.2, 0.25) is 0 Å². The molecule has 0 saturated heterocycles. The van der Waals surface area contributed by atoms with Crippen LogP contribution in [0, 0.1) is 0 Å². The second-order valence-corrected chi connectivity index (χ2v) is 5.11. The van der Waals surface area contributed by atoms with Gasteiger partial charge in [0.25, 0.3) is 5.91 Å². The van der Waals surface area contributed by atoms with Crippen LogP contribution in [-0.2, 0) is 9.53 Å². The zero-order valence-corrected chi connectivity index (χ0v) is 13.3. The molecule has 1 amide bonds. The van der Waals surface area contributed by atoms with Gasteiger partial charge in [0, 0.05) is 32.3 Å². The summed E-state index contributed by atoms with van der Waals surface area (Å²) >= 11 is 0. The first-order chi connectivity index (χ1) is 9.88. The molecular formula is C13H26N4O4. The molecule has 0 rings (SSSR count). The highest BCUT2D eigenvalue weighted by atomic mass is 16.5. The van der Waals surface area contributed by atoms with Crippen LogP contribution in [-0.4, -0.2) is 71.5 Å². The van der Waals surface area contributed by atoms with Gasteiger partial charge in [-0.1, -0.05) is 10.3 Å². The SMILES string of the molecule is COCC(=NO)C(=NO)C(=O)NCCN(C(C)C)C(C)C. The van der Waals surface area contributed by atoms with Crippen LogP contribution < -0.4 is 5.32 Å². The second kappa shape index (κ2) is 10.1. The van der Waals surface area contributed by atoms with Gasteiger partial charge in [0.15, 0.2) is 5.71 Å². The molecule has 8 heteroatoms. The van der Waals surface area contributed by atoms with Gasteiger partial charge in [-0.05, 0) is 27.7 Å². The smallest absolute Gasteiger partial charge is 0.275 e. The van der Waals surface area contributed by atoms with E-state index < -0.39 is 5.91 Å². The van der Waals surface area contributed by atoms with Gasteiger partial charge in [-0.25, -0.2) is 0 Å². The molecule has 0 atom stereocenters. The Morgan fingerprint density at radius 1 is 1.19 bits per heavy atom. The third-order valence-electron chi connectivity index (χ3n) is 2.97. The fourth-order valence-electron chi connectivity index (χ4n) is 2.01. The van der Waals surface area contributed by atoms with Gasteiger partial charge in [-0.3, -0.25) is 9.69 Å². The normalized spacial score (nSPS) is 13.3. The van der Waals surface area contributed by atoms with Crippen LogP contribution in [0.5, 0.6) is 0 Å². The van der Waals surface area contributed by atoms with E-state index in [1.165, 1.54) is 7.11 Å². The molecule has 0 spiro atoms. The Labute approximate surface area is 125 Å². The lowest BCUT2D eigenvalue weighted by atomic mass is 10.2. The van der Waals surface area contributed by atoms with Crippen LogP contribution in [0.1, 0.15) is 27.7 Å². The third-order valence-corrected chi connectivity index (χ3v) is 2.97. The lowest BCUT2D eigenvalue weighted by Gasteiger charge is -2.30. The van der Waals surface area contributed by atoms with Crippen molar-refractivity contribution in [1.29, 1.82) is 0 Å². The van der Waals surface area contributed by atoms with Crippen molar-refractivity contribution >= 4 is 17.3 Å². The van der Waals surface area contributed by atoms with E-state index in [2.05, 4.69) is 48.2 Å². The zero-order valence-electron chi connectivity index (χ0n) is 13.3. The number of rotatable bonds is 9. The molecule has 3 N–H and O–H groups in total. The predicted octanol–water partition coefficient (Wildman–Crippen LogP) is 0.528. The van der Waals surface area contributed by atoms with Crippen molar-refractivity contribution in [1.82, 2.24) is 10.2 Å². The molecule has 0 aliphatic carbocycles. The van der Waals surface area contributed by atoms with E-state index >= 15 is 0 Å². The molecule has 0 radical (unpaired) electrons. The molecular weight excluding hydrogens is 276 g/mol. The maximum Gasteiger partial charge on any atom is 0.275 e. The van der Waals surface area contributed by atoms with Crippen molar-refractivity contribution in [3.8, 4) is 0 Å². The Hall–Kier alpha value is -1.67. The largest absolute Gasteiger partial charge is 0.411 e. The highest BCUT2D eigenvalue weighted by Gasteiger charge is 2.20. The van der Waals surface area contributed by atoms with Crippen LogP contribution in [0.15, 0.2) is 10.3 Å². The quantitative estimate of drug-likeness (QED) is 0.327. The fourth-order valence-corrected chi connectivity index (χ4v) is 2.01. The van der Waals surface area contributed by atoms with E-state index in [1.54, 1.807) is 0 Å². The first-order valence-corrected chi connectivity index (χ1v) is 6.85. The molecule has 0 saturated carbocycles. The minimum absolute atomic E-state index is 0.132. The van der Waals surface area contributed by atoms with E-state index in [0.29, 0.717) is 25.2 Å². The van der Waals surface area contributed by atoms with Gasteiger partial charge in [0.05, 0.1) is 6.61 Å². The topological polar surface area (TPSA) is 107 Å². The van der Waals surface area contributed by atoms with Crippen LogP contribution in [0.3, 0.4) is 0 Å². The Morgan fingerprint density at radius 3 is 2.14 bits per heavy atom. The Morgan fingerprint density at radius 2 is 1.76 bits per heavy atom. The van der Waals surface area contributed by atoms with Crippen molar-refractivity contribution in [2.75, 3.05) is 26.8 Å². The molecule has 122 valence electrons. The number of methoxy groups -OCH3 is 1. The number of oxime groups is 2. The molecule has 0 heterocycles. The number of nitrogens with one attached hydrogen (secondary N) is 1. The summed E-state index contributed by atoms with van der Waals surface area (Å²) in [5, 5.41) is 26.1. The lowest BCUT2D eigenvalue weighted by Crippen LogP contribution is -2.45. The number of amides is 1. The maximum absolute atomic E-state index is 11.9. The summed E-state index contributed by atoms with van der Waals surface area (Å²) in [7, 11) is 1.38. The number of nitrogens with zero attached hydrogens (tertiary/aromatic N) is 3. The Kier molecular flexibility index (Phi) is 9.31. The summed E-state index contributed by atoms with van der Waals surface area (Å²) in [5.74, 6) is -0.616. The molecule has 0 aliphatic heterocycles. The van der Waals surface area contributed by atoms with Gasteiger partial charge < -0.3 is 20.5 Å². The van der Waals surface area contributed by atoms with Gasteiger partial charge in [-0.2, -0.15) is 0 Å². The number of hydrogen-bond acceptors (Lipinski definition) is 7. The van der Waals surface area contributed by atoms with Gasteiger partial charge in [-0.15, -0.1) is 0 Å². The standard InChI is InChI=1S/C13H26N4O4/c1-9(2)17(10(3)4)7-6-14-13(18)12(16-20)11(15-19)8-21-5/h9-10,19-20H,6-8H2,1-5H3,(H,14,18). The number of hydrogen-bond donors (Lipinski definition) is 3. The van der Waals surface area contributed by atoms with Gasteiger partial charge in [0.2, 0.25) is 0 Å². The van der Waals surface area contributed by atoms with Crippen molar-refractivity contribution in [2.24, 2.45) is 10.3 Å².